The van der Waals surface area contributed by atoms with E-state index in [0.29, 0.717) is 12.6 Å². The summed E-state index contributed by atoms with van der Waals surface area (Å²) < 4.78 is 0. The number of benzene rings is 1. The monoisotopic (exact) mass is 457 g/mol. The summed E-state index contributed by atoms with van der Waals surface area (Å²) in [5, 5.41) is 10.0. The van der Waals surface area contributed by atoms with Crippen molar-refractivity contribution in [3.05, 3.63) is 46.4 Å². The molecule has 1 aliphatic rings. The van der Waals surface area contributed by atoms with Crippen molar-refractivity contribution in [3.8, 4) is 0 Å². The van der Waals surface area contributed by atoms with E-state index in [1.54, 1.807) is 11.3 Å². The fourth-order valence-electron chi connectivity index (χ4n) is 2.78. The van der Waals surface area contributed by atoms with Gasteiger partial charge in [-0.05, 0) is 25.5 Å². The zero-order valence-corrected chi connectivity index (χ0v) is 17.2. The van der Waals surface area contributed by atoms with Crippen LogP contribution < -0.4 is 15.5 Å². The molecule has 0 spiro atoms. The van der Waals surface area contributed by atoms with Crippen LogP contribution in [0.3, 0.4) is 0 Å². The summed E-state index contributed by atoms with van der Waals surface area (Å²) in [5.41, 5.74) is 2.36. The molecule has 130 valence electrons. The van der Waals surface area contributed by atoms with Crippen LogP contribution in [0.4, 0.5) is 5.69 Å². The summed E-state index contributed by atoms with van der Waals surface area (Å²) in [4.78, 5) is 11.2. The van der Waals surface area contributed by atoms with Gasteiger partial charge in [-0.3, -0.25) is 4.99 Å². The smallest absolute Gasteiger partial charge is 0.191 e. The number of rotatable bonds is 4. The quantitative estimate of drug-likeness (QED) is 0.421. The Hall–Kier alpha value is -1.35. The first-order valence-electron chi connectivity index (χ1n) is 7.93. The summed E-state index contributed by atoms with van der Waals surface area (Å²) in [5.74, 6) is 0.845. The van der Waals surface area contributed by atoms with E-state index in [1.165, 1.54) is 5.69 Å². The molecule has 7 heteroatoms. The third kappa shape index (κ3) is 5.07. The molecule has 24 heavy (non-hydrogen) atoms. The molecule has 1 saturated heterocycles. The Labute approximate surface area is 164 Å². The van der Waals surface area contributed by atoms with Crippen LogP contribution in [0, 0.1) is 6.92 Å². The number of aliphatic imine (C=N–C) groups is 1. The molecule has 1 aromatic carbocycles. The van der Waals surface area contributed by atoms with Crippen molar-refractivity contribution in [2.45, 2.75) is 25.9 Å². The van der Waals surface area contributed by atoms with Crippen LogP contribution in [-0.2, 0) is 6.54 Å². The molecular formula is C17H24IN5S. The topological polar surface area (TPSA) is 52.6 Å². The largest absolute Gasteiger partial charge is 0.369 e. The summed E-state index contributed by atoms with van der Waals surface area (Å²) in [7, 11) is 1.81. The summed E-state index contributed by atoms with van der Waals surface area (Å²) in [6, 6.07) is 11.0. The van der Waals surface area contributed by atoms with Crippen molar-refractivity contribution >= 4 is 47.0 Å². The molecule has 0 aliphatic carbocycles. The molecule has 1 unspecified atom stereocenters. The molecule has 0 amide bonds. The van der Waals surface area contributed by atoms with Gasteiger partial charge < -0.3 is 15.5 Å². The maximum absolute atomic E-state index is 4.47. The number of aromatic nitrogens is 1. The van der Waals surface area contributed by atoms with E-state index in [1.807, 2.05) is 14.0 Å². The normalized spacial score (nSPS) is 17.5. The van der Waals surface area contributed by atoms with Gasteiger partial charge in [-0.2, -0.15) is 0 Å². The van der Waals surface area contributed by atoms with Crippen LogP contribution >= 0.6 is 35.3 Å². The Morgan fingerprint density at radius 3 is 2.83 bits per heavy atom. The van der Waals surface area contributed by atoms with E-state index in [9.17, 15) is 0 Å². The van der Waals surface area contributed by atoms with E-state index in [-0.39, 0.29) is 24.0 Å². The number of nitrogens with one attached hydrogen (secondary N) is 2. The number of aryl methyl sites for hydroxylation is 1. The predicted octanol–water partition coefficient (Wildman–Crippen LogP) is 3.01. The number of hydrogen-bond acceptors (Lipinski definition) is 4. The van der Waals surface area contributed by atoms with Gasteiger partial charge in [0.2, 0.25) is 0 Å². The molecule has 1 fully saturated rings. The summed E-state index contributed by atoms with van der Waals surface area (Å²) in [6.45, 7) is 4.81. The number of hydrogen-bond donors (Lipinski definition) is 2. The van der Waals surface area contributed by atoms with Gasteiger partial charge in [0.25, 0.3) is 0 Å². The standard InChI is InChI=1S/C17H23N5S.HI/c1-13-12-23-16(20-13)10-19-17(18-2)21-14-8-9-22(11-14)15-6-4-3-5-7-15;/h3-7,12,14H,8-11H2,1-2H3,(H2,18,19,21);1H. The lowest BCUT2D eigenvalue weighted by molar-refractivity contribution is 0.648. The Kier molecular flexibility index (Phi) is 7.29. The number of thiazole rings is 1. The number of para-hydroxylation sites is 1. The van der Waals surface area contributed by atoms with Gasteiger partial charge in [-0.1, -0.05) is 18.2 Å². The third-order valence-corrected chi connectivity index (χ3v) is 4.91. The molecule has 0 bridgehead atoms. The fourth-order valence-corrected chi connectivity index (χ4v) is 3.49. The van der Waals surface area contributed by atoms with Crippen LogP contribution in [0.25, 0.3) is 0 Å². The van der Waals surface area contributed by atoms with Crippen molar-refractivity contribution in [3.63, 3.8) is 0 Å². The van der Waals surface area contributed by atoms with E-state index in [4.69, 9.17) is 0 Å². The maximum atomic E-state index is 4.47. The number of nitrogens with zero attached hydrogens (tertiary/aromatic N) is 3. The number of guanidine groups is 1. The van der Waals surface area contributed by atoms with Crippen molar-refractivity contribution in [1.82, 2.24) is 15.6 Å². The minimum atomic E-state index is 0. The highest BCUT2D eigenvalue weighted by molar-refractivity contribution is 14.0. The summed E-state index contributed by atoms with van der Waals surface area (Å²) >= 11 is 1.68. The van der Waals surface area contributed by atoms with Crippen LogP contribution in [-0.4, -0.2) is 37.1 Å². The molecule has 3 rings (SSSR count). The first-order valence-corrected chi connectivity index (χ1v) is 8.81. The Balaban J connectivity index is 0.00000208. The molecule has 2 heterocycles. The average Bonchev–Trinajstić information content (AvgIpc) is 3.21. The van der Waals surface area contributed by atoms with Crippen molar-refractivity contribution in [1.29, 1.82) is 0 Å². The molecule has 1 atom stereocenters. The molecule has 0 radical (unpaired) electrons. The van der Waals surface area contributed by atoms with Crippen LogP contribution in [0.15, 0.2) is 40.7 Å². The molecule has 0 saturated carbocycles. The van der Waals surface area contributed by atoms with Gasteiger partial charge in [-0.25, -0.2) is 4.98 Å². The van der Waals surface area contributed by atoms with Gasteiger partial charge in [0.05, 0.1) is 6.54 Å². The lowest BCUT2D eigenvalue weighted by Gasteiger charge is -2.20. The highest BCUT2D eigenvalue weighted by atomic mass is 127. The summed E-state index contributed by atoms with van der Waals surface area (Å²) in [6.07, 6.45) is 1.12. The zero-order valence-electron chi connectivity index (χ0n) is 14.0. The van der Waals surface area contributed by atoms with E-state index in [2.05, 4.69) is 61.2 Å². The van der Waals surface area contributed by atoms with Crippen molar-refractivity contribution in [2.24, 2.45) is 4.99 Å². The maximum Gasteiger partial charge on any atom is 0.191 e. The van der Waals surface area contributed by atoms with E-state index < -0.39 is 0 Å². The molecule has 2 aromatic rings. The highest BCUT2D eigenvalue weighted by Crippen LogP contribution is 2.19. The molecule has 1 aromatic heterocycles. The molecular weight excluding hydrogens is 433 g/mol. The first kappa shape index (κ1) is 19.0. The second-order valence-corrected chi connectivity index (χ2v) is 6.66. The molecule has 1 aliphatic heterocycles. The van der Waals surface area contributed by atoms with Crippen molar-refractivity contribution in [2.75, 3.05) is 25.0 Å². The van der Waals surface area contributed by atoms with E-state index >= 15 is 0 Å². The number of anilines is 1. The van der Waals surface area contributed by atoms with Gasteiger partial charge >= 0.3 is 0 Å². The zero-order chi connectivity index (χ0) is 16.1. The van der Waals surface area contributed by atoms with Crippen LogP contribution in [0.2, 0.25) is 0 Å². The van der Waals surface area contributed by atoms with Gasteiger partial charge in [0, 0.05) is 42.9 Å². The third-order valence-electron chi connectivity index (χ3n) is 3.95. The lowest BCUT2D eigenvalue weighted by Crippen LogP contribution is -2.44. The van der Waals surface area contributed by atoms with Gasteiger partial charge in [0.1, 0.15) is 5.01 Å². The van der Waals surface area contributed by atoms with Crippen LogP contribution in [0.5, 0.6) is 0 Å². The van der Waals surface area contributed by atoms with Crippen molar-refractivity contribution < 1.29 is 0 Å². The Morgan fingerprint density at radius 1 is 1.38 bits per heavy atom. The Morgan fingerprint density at radius 2 is 2.17 bits per heavy atom. The fraction of sp³-hybridized carbons (Fsp3) is 0.412. The minimum Gasteiger partial charge on any atom is -0.369 e. The molecule has 2 N–H and O–H groups in total. The lowest BCUT2D eigenvalue weighted by atomic mass is 10.3. The van der Waals surface area contributed by atoms with Crippen LogP contribution in [0.1, 0.15) is 17.1 Å². The minimum absolute atomic E-state index is 0. The number of halogens is 1. The second kappa shape index (κ2) is 9.22. The first-order chi connectivity index (χ1) is 11.2. The average molecular weight is 457 g/mol. The highest BCUT2D eigenvalue weighted by Gasteiger charge is 2.23. The van der Waals surface area contributed by atoms with Gasteiger partial charge in [0.15, 0.2) is 5.96 Å². The molecule has 5 nitrogen and oxygen atoms in total. The Bertz CT molecular complexity index is 658. The van der Waals surface area contributed by atoms with Gasteiger partial charge in [-0.15, -0.1) is 35.3 Å². The van der Waals surface area contributed by atoms with E-state index in [0.717, 1.165) is 36.2 Å². The predicted molar refractivity (Wildman–Crippen MR) is 113 cm³/mol. The second-order valence-electron chi connectivity index (χ2n) is 5.72. The SMILES string of the molecule is CN=C(NCc1nc(C)cs1)NC1CCN(c2ccccc2)C1.I.